The first-order valence-corrected chi connectivity index (χ1v) is 8.81. The highest BCUT2D eigenvalue weighted by atomic mass is 28.4. The average molecular weight is 264 g/mol. The zero-order valence-electron chi connectivity index (χ0n) is 11.5. The zero-order valence-corrected chi connectivity index (χ0v) is 12.5. The van der Waals surface area contributed by atoms with Crippen LogP contribution in [0.25, 0.3) is 0 Å². The molecule has 0 atom stereocenters. The predicted octanol–water partition coefficient (Wildman–Crippen LogP) is 3.77. The molecule has 0 N–H and O–H groups in total. The summed E-state index contributed by atoms with van der Waals surface area (Å²) >= 11 is 0. The number of carbonyl (C=O) groups is 1. The molecule has 17 heavy (non-hydrogen) atoms. The number of halogens is 2. The van der Waals surface area contributed by atoms with Gasteiger partial charge in [-0.3, -0.25) is 4.79 Å². The fourth-order valence-corrected chi connectivity index (χ4v) is 3.31. The van der Waals surface area contributed by atoms with Crippen LogP contribution in [-0.4, -0.2) is 25.6 Å². The lowest BCUT2D eigenvalue weighted by molar-refractivity contribution is -0.197. The van der Waals surface area contributed by atoms with Crippen LogP contribution in [0.15, 0.2) is 0 Å². The number of alkyl halides is 2. The van der Waals surface area contributed by atoms with Gasteiger partial charge in [0.15, 0.2) is 8.32 Å². The SMILES string of the molecule is CC(F)(F)C1(O[Si](C)(C)C(C)(C)C)CC(=O)C1. The number of rotatable bonds is 3. The van der Waals surface area contributed by atoms with Crippen LogP contribution in [-0.2, 0) is 9.22 Å². The number of carbonyl (C=O) groups excluding carboxylic acids is 1. The summed E-state index contributed by atoms with van der Waals surface area (Å²) in [4.78, 5) is 11.1. The van der Waals surface area contributed by atoms with Crippen molar-refractivity contribution in [2.75, 3.05) is 0 Å². The lowest BCUT2D eigenvalue weighted by Gasteiger charge is -2.51. The van der Waals surface area contributed by atoms with E-state index in [4.69, 9.17) is 4.43 Å². The molecule has 0 unspecified atom stereocenters. The Kier molecular flexibility index (Phi) is 3.34. The number of Topliss-reactive ketones (excluding diaryl/α,β-unsaturated/α-hetero) is 1. The molecule has 0 saturated heterocycles. The maximum Gasteiger partial charge on any atom is 0.273 e. The Hall–Kier alpha value is -0.293. The molecule has 2 nitrogen and oxygen atoms in total. The van der Waals surface area contributed by atoms with E-state index in [0.717, 1.165) is 6.92 Å². The van der Waals surface area contributed by atoms with Gasteiger partial charge in [0.1, 0.15) is 11.4 Å². The normalized spacial score (nSPS) is 21.3. The molecule has 1 aliphatic rings. The van der Waals surface area contributed by atoms with Crippen LogP contribution in [0.1, 0.15) is 40.5 Å². The Bertz CT molecular complexity index is 318. The van der Waals surface area contributed by atoms with Crippen LogP contribution >= 0.6 is 0 Å². The van der Waals surface area contributed by atoms with E-state index >= 15 is 0 Å². The highest BCUT2D eigenvalue weighted by molar-refractivity contribution is 6.74. The van der Waals surface area contributed by atoms with Crippen molar-refractivity contribution in [2.24, 2.45) is 0 Å². The van der Waals surface area contributed by atoms with E-state index < -0.39 is 19.8 Å². The fourth-order valence-electron chi connectivity index (χ4n) is 1.70. The van der Waals surface area contributed by atoms with Gasteiger partial charge in [-0.25, -0.2) is 8.78 Å². The Morgan fingerprint density at radius 2 is 1.59 bits per heavy atom. The lowest BCUT2D eigenvalue weighted by atomic mass is 9.75. The van der Waals surface area contributed by atoms with Crippen molar-refractivity contribution < 1.29 is 18.0 Å². The largest absolute Gasteiger partial charge is 0.404 e. The summed E-state index contributed by atoms with van der Waals surface area (Å²) < 4.78 is 33.1. The van der Waals surface area contributed by atoms with E-state index in [9.17, 15) is 13.6 Å². The predicted molar refractivity (Wildman–Crippen MR) is 65.9 cm³/mol. The molecule has 0 aromatic heterocycles. The molecule has 0 amide bonds. The summed E-state index contributed by atoms with van der Waals surface area (Å²) in [6.07, 6.45) is -0.300. The number of ketones is 1. The van der Waals surface area contributed by atoms with Crippen LogP contribution in [0, 0.1) is 0 Å². The second-order valence-corrected chi connectivity index (χ2v) is 11.4. The molecule has 1 fully saturated rings. The van der Waals surface area contributed by atoms with Crippen LogP contribution in [0.3, 0.4) is 0 Å². The van der Waals surface area contributed by atoms with Crippen LogP contribution in [0.5, 0.6) is 0 Å². The first-order chi connectivity index (χ1) is 7.31. The van der Waals surface area contributed by atoms with Gasteiger partial charge in [0.05, 0.1) is 0 Å². The van der Waals surface area contributed by atoms with Crippen molar-refractivity contribution in [1.82, 2.24) is 0 Å². The summed E-state index contributed by atoms with van der Waals surface area (Å²) in [5.74, 6) is -3.10. The Balaban J connectivity index is 2.95. The molecule has 0 radical (unpaired) electrons. The molecule has 100 valence electrons. The average Bonchev–Trinajstić information content (AvgIpc) is 1.95. The number of hydrogen-bond acceptors (Lipinski definition) is 2. The molecular weight excluding hydrogens is 242 g/mol. The smallest absolute Gasteiger partial charge is 0.273 e. The quantitative estimate of drug-likeness (QED) is 0.725. The molecule has 1 saturated carbocycles. The monoisotopic (exact) mass is 264 g/mol. The molecule has 0 aromatic rings. The van der Waals surface area contributed by atoms with Gasteiger partial charge in [0, 0.05) is 19.8 Å². The molecule has 0 aliphatic heterocycles. The van der Waals surface area contributed by atoms with Gasteiger partial charge in [-0.15, -0.1) is 0 Å². The molecular formula is C12H22F2O2Si. The van der Waals surface area contributed by atoms with Gasteiger partial charge in [-0.2, -0.15) is 0 Å². The van der Waals surface area contributed by atoms with E-state index in [1.807, 2.05) is 33.9 Å². The maximum absolute atomic E-state index is 13.7. The van der Waals surface area contributed by atoms with Crippen molar-refractivity contribution in [3.63, 3.8) is 0 Å². The van der Waals surface area contributed by atoms with Gasteiger partial charge in [0.25, 0.3) is 5.92 Å². The first kappa shape index (κ1) is 14.8. The highest BCUT2D eigenvalue weighted by Crippen LogP contribution is 2.50. The first-order valence-electron chi connectivity index (χ1n) is 5.90. The topological polar surface area (TPSA) is 26.3 Å². The van der Waals surface area contributed by atoms with Crippen molar-refractivity contribution >= 4 is 14.1 Å². The Morgan fingerprint density at radius 1 is 1.18 bits per heavy atom. The Labute approximate surface area is 103 Å². The summed E-state index contributed by atoms with van der Waals surface area (Å²) in [6, 6.07) is 0. The van der Waals surface area contributed by atoms with Gasteiger partial charge >= 0.3 is 0 Å². The van der Waals surface area contributed by atoms with Crippen molar-refractivity contribution in [3.8, 4) is 0 Å². The maximum atomic E-state index is 13.7. The van der Waals surface area contributed by atoms with Gasteiger partial charge < -0.3 is 4.43 Å². The summed E-state index contributed by atoms with van der Waals surface area (Å²) in [5, 5.41) is -0.135. The van der Waals surface area contributed by atoms with Crippen LogP contribution in [0.2, 0.25) is 18.1 Å². The standard InChI is InChI=1S/C12H22F2O2Si/c1-10(2,3)17(5,6)16-12(11(4,13)14)7-9(15)8-12/h7-8H2,1-6H3. The molecule has 0 aromatic carbocycles. The van der Waals surface area contributed by atoms with E-state index in [1.54, 1.807) is 0 Å². The second-order valence-electron chi connectivity index (χ2n) is 6.64. The molecule has 0 heterocycles. The summed E-state index contributed by atoms with van der Waals surface area (Å²) in [6.45, 7) is 10.7. The molecule has 0 bridgehead atoms. The molecule has 1 rings (SSSR count). The minimum atomic E-state index is -2.96. The third kappa shape index (κ3) is 2.60. The van der Waals surface area contributed by atoms with E-state index in [1.165, 1.54) is 0 Å². The summed E-state index contributed by atoms with van der Waals surface area (Å²) in [7, 11) is -2.28. The Morgan fingerprint density at radius 3 is 1.82 bits per heavy atom. The minimum absolute atomic E-state index is 0.134. The third-order valence-corrected chi connectivity index (χ3v) is 8.54. The molecule has 5 heteroatoms. The van der Waals surface area contributed by atoms with Gasteiger partial charge in [-0.05, 0) is 18.1 Å². The van der Waals surface area contributed by atoms with Crippen LogP contribution in [0.4, 0.5) is 8.78 Å². The second kappa shape index (κ2) is 3.85. The van der Waals surface area contributed by atoms with E-state index in [2.05, 4.69) is 0 Å². The van der Waals surface area contributed by atoms with Gasteiger partial charge in [-0.1, -0.05) is 20.8 Å². The zero-order chi connectivity index (χ0) is 13.7. The fraction of sp³-hybridized carbons (Fsp3) is 0.917. The third-order valence-electron chi connectivity index (χ3n) is 4.02. The van der Waals surface area contributed by atoms with Gasteiger partial charge in [0.2, 0.25) is 0 Å². The molecule has 1 aliphatic carbocycles. The van der Waals surface area contributed by atoms with Crippen molar-refractivity contribution in [2.45, 2.75) is 70.2 Å². The van der Waals surface area contributed by atoms with Crippen molar-refractivity contribution in [1.29, 1.82) is 0 Å². The van der Waals surface area contributed by atoms with E-state index in [0.29, 0.717) is 0 Å². The van der Waals surface area contributed by atoms with Crippen molar-refractivity contribution in [3.05, 3.63) is 0 Å². The van der Waals surface area contributed by atoms with E-state index in [-0.39, 0.29) is 23.7 Å². The number of hydrogen-bond donors (Lipinski definition) is 0. The van der Waals surface area contributed by atoms with Crippen LogP contribution < -0.4 is 0 Å². The minimum Gasteiger partial charge on any atom is -0.404 e. The summed E-state index contributed by atoms with van der Waals surface area (Å²) in [5.41, 5.74) is -1.55. The lowest BCUT2D eigenvalue weighted by Crippen LogP contribution is -2.63. The highest BCUT2D eigenvalue weighted by Gasteiger charge is 2.62. The molecule has 0 spiro atoms.